The predicted molar refractivity (Wildman–Crippen MR) is 73.9 cm³/mol. The average Bonchev–Trinajstić information content (AvgIpc) is 2.28. The average molecular weight is 248 g/mol. The summed E-state index contributed by atoms with van der Waals surface area (Å²) in [5, 5.41) is 0.477. The van der Waals surface area contributed by atoms with Gasteiger partial charge in [0, 0.05) is 27.7 Å². The number of fused-ring (bicyclic) bond motifs is 1. The molecule has 90 valence electrons. The van der Waals surface area contributed by atoms with E-state index in [0.29, 0.717) is 5.17 Å². The first kappa shape index (κ1) is 11.9. The van der Waals surface area contributed by atoms with E-state index in [1.165, 1.54) is 11.1 Å². The Labute approximate surface area is 107 Å². The quantitative estimate of drug-likeness (QED) is 0.708. The molecule has 4 heteroatoms. The van der Waals surface area contributed by atoms with Crippen molar-refractivity contribution in [2.75, 3.05) is 21.1 Å². The summed E-state index contributed by atoms with van der Waals surface area (Å²) < 4.78 is 5.59. The first-order valence-electron chi connectivity index (χ1n) is 5.47. The molecule has 0 saturated heterocycles. The van der Waals surface area contributed by atoms with Gasteiger partial charge in [-0.1, -0.05) is 6.07 Å². The van der Waals surface area contributed by atoms with Crippen LogP contribution in [-0.2, 0) is 6.54 Å². The second kappa shape index (κ2) is 4.75. The third-order valence-electron chi connectivity index (χ3n) is 2.61. The highest BCUT2D eigenvalue weighted by Gasteiger charge is 2.10. The molecule has 0 spiro atoms. The summed E-state index contributed by atoms with van der Waals surface area (Å²) in [6, 6.07) is 6.06. The van der Waals surface area contributed by atoms with Crippen LogP contribution in [0.4, 0.5) is 0 Å². The monoisotopic (exact) mass is 248 g/mol. The largest absolute Gasteiger partial charge is 0.432 e. The number of benzene rings is 1. The number of thiocarbonyl (C=S) groups is 1. The van der Waals surface area contributed by atoms with Crippen molar-refractivity contribution >= 4 is 23.5 Å². The Morgan fingerprint density at radius 3 is 2.88 bits per heavy atom. The maximum absolute atomic E-state index is 5.59. The summed E-state index contributed by atoms with van der Waals surface area (Å²) in [7, 11) is 5.80. The lowest BCUT2D eigenvalue weighted by molar-refractivity contribution is 0.437. The van der Waals surface area contributed by atoms with Crippen LogP contribution in [0.1, 0.15) is 11.1 Å². The van der Waals surface area contributed by atoms with Crippen LogP contribution in [0.15, 0.2) is 24.4 Å². The van der Waals surface area contributed by atoms with Gasteiger partial charge in [0.1, 0.15) is 5.75 Å². The third kappa shape index (κ3) is 2.77. The topological polar surface area (TPSA) is 15.7 Å². The Hall–Kier alpha value is -1.55. The van der Waals surface area contributed by atoms with Gasteiger partial charge in [-0.15, -0.1) is 0 Å². The van der Waals surface area contributed by atoms with E-state index >= 15 is 0 Å². The summed E-state index contributed by atoms with van der Waals surface area (Å²) >= 11 is 5.12. The van der Waals surface area contributed by atoms with Crippen molar-refractivity contribution in [3.63, 3.8) is 0 Å². The minimum absolute atomic E-state index is 0.477. The molecule has 0 saturated carbocycles. The van der Waals surface area contributed by atoms with E-state index in [-0.39, 0.29) is 0 Å². The van der Waals surface area contributed by atoms with Crippen LogP contribution in [0.25, 0.3) is 6.08 Å². The highest BCUT2D eigenvalue weighted by Crippen LogP contribution is 2.24. The van der Waals surface area contributed by atoms with Crippen molar-refractivity contribution in [1.82, 2.24) is 9.80 Å². The van der Waals surface area contributed by atoms with Crippen LogP contribution < -0.4 is 4.74 Å². The summed E-state index contributed by atoms with van der Waals surface area (Å²) in [4.78, 5) is 3.91. The van der Waals surface area contributed by atoms with Crippen LogP contribution in [-0.4, -0.2) is 36.1 Å². The molecule has 0 radical (unpaired) electrons. The number of ether oxygens (including phenoxy) is 1. The molecule has 0 aromatic heterocycles. The van der Waals surface area contributed by atoms with Crippen molar-refractivity contribution < 1.29 is 4.74 Å². The van der Waals surface area contributed by atoms with Gasteiger partial charge in [-0.25, -0.2) is 0 Å². The van der Waals surface area contributed by atoms with Gasteiger partial charge in [0.25, 0.3) is 5.17 Å². The van der Waals surface area contributed by atoms with Gasteiger partial charge in [-0.2, -0.15) is 0 Å². The zero-order valence-corrected chi connectivity index (χ0v) is 11.1. The lowest BCUT2D eigenvalue weighted by atomic mass is 10.0. The Kier molecular flexibility index (Phi) is 3.33. The predicted octanol–water partition coefficient (Wildman–Crippen LogP) is 2.33. The van der Waals surface area contributed by atoms with E-state index in [1.807, 2.05) is 26.2 Å². The smallest absolute Gasteiger partial charge is 0.264 e. The Morgan fingerprint density at radius 2 is 2.18 bits per heavy atom. The summed E-state index contributed by atoms with van der Waals surface area (Å²) in [5.41, 5.74) is 2.50. The number of hydrogen-bond donors (Lipinski definition) is 0. The molecule has 0 bridgehead atoms. The third-order valence-corrected chi connectivity index (χ3v) is 3.06. The van der Waals surface area contributed by atoms with Crippen molar-refractivity contribution in [3.05, 3.63) is 35.5 Å². The van der Waals surface area contributed by atoms with Gasteiger partial charge in [-0.3, -0.25) is 0 Å². The molecule has 0 N–H and O–H groups in total. The fourth-order valence-electron chi connectivity index (χ4n) is 1.67. The molecular formula is C13H16N2OS. The Morgan fingerprint density at radius 1 is 1.41 bits per heavy atom. The molecule has 0 fully saturated rings. The van der Waals surface area contributed by atoms with Crippen molar-refractivity contribution in [1.29, 1.82) is 0 Å². The summed E-state index contributed by atoms with van der Waals surface area (Å²) in [5.74, 6) is 0.797. The number of hydrogen-bond acceptors (Lipinski definition) is 3. The first-order chi connectivity index (χ1) is 8.06. The molecule has 0 unspecified atom stereocenters. The molecule has 2 rings (SSSR count). The van der Waals surface area contributed by atoms with Gasteiger partial charge in [-0.05, 0) is 47.8 Å². The molecule has 0 atom stereocenters. The van der Waals surface area contributed by atoms with E-state index in [0.717, 1.165) is 12.3 Å². The maximum Gasteiger partial charge on any atom is 0.264 e. The standard InChI is InChI=1S/C13H16N2OS/c1-14(2)13(17)16-12-5-4-10-6-7-15(3)9-11(10)8-12/h4-8H,9H2,1-3H3. The minimum Gasteiger partial charge on any atom is -0.432 e. The molecular weight excluding hydrogens is 232 g/mol. The lowest BCUT2D eigenvalue weighted by Crippen LogP contribution is -2.25. The number of rotatable bonds is 1. The van der Waals surface area contributed by atoms with Gasteiger partial charge in [0.05, 0.1) is 0 Å². The van der Waals surface area contributed by atoms with E-state index in [4.69, 9.17) is 17.0 Å². The molecule has 17 heavy (non-hydrogen) atoms. The van der Waals surface area contributed by atoms with Gasteiger partial charge < -0.3 is 14.5 Å². The Balaban J connectivity index is 2.19. The fourth-order valence-corrected chi connectivity index (χ4v) is 1.76. The van der Waals surface area contributed by atoms with Crippen LogP contribution in [0, 0.1) is 0 Å². The Bertz CT molecular complexity index is 468. The molecule has 1 aliphatic heterocycles. The van der Waals surface area contributed by atoms with Gasteiger partial charge >= 0.3 is 0 Å². The van der Waals surface area contributed by atoms with Crippen molar-refractivity contribution in [3.8, 4) is 5.75 Å². The van der Waals surface area contributed by atoms with E-state index in [9.17, 15) is 0 Å². The van der Waals surface area contributed by atoms with Crippen molar-refractivity contribution in [2.24, 2.45) is 0 Å². The molecule has 1 aromatic carbocycles. The van der Waals surface area contributed by atoms with Crippen molar-refractivity contribution in [2.45, 2.75) is 6.54 Å². The van der Waals surface area contributed by atoms with Crippen LogP contribution >= 0.6 is 12.2 Å². The second-order valence-electron chi connectivity index (χ2n) is 4.35. The second-order valence-corrected chi connectivity index (χ2v) is 4.70. The fraction of sp³-hybridized carbons (Fsp3) is 0.308. The highest BCUT2D eigenvalue weighted by molar-refractivity contribution is 7.80. The van der Waals surface area contributed by atoms with Crippen LogP contribution in [0.3, 0.4) is 0 Å². The molecule has 0 aliphatic carbocycles. The molecule has 1 aromatic rings. The van der Waals surface area contributed by atoms with Crippen LogP contribution in [0.5, 0.6) is 5.75 Å². The number of nitrogens with zero attached hydrogens (tertiary/aromatic N) is 2. The lowest BCUT2D eigenvalue weighted by Gasteiger charge is -2.21. The molecule has 1 heterocycles. The molecule has 0 amide bonds. The van der Waals surface area contributed by atoms with Gasteiger partial charge in [0.2, 0.25) is 0 Å². The molecule has 3 nitrogen and oxygen atoms in total. The highest BCUT2D eigenvalue weighted by atomic mass is 32.1. The normalized spacial score (nSPS) is 13.2. The minimum atomic E-state index is 0.477. The summed E-state index contributed by atoms with van der Waals surface area (Å²) in [6.45, 7) is 0.901. The van der Waals surface area contributed by atoms with Gasteiger partial charge in [0.15, 0.2) is 0 Å². The van der Waals surface area contributed by atoms with E-state index in [1.54, 1.807) is 4.90 Å². The summed E-state index contributed by atoms with van der Waals surface area (Å²) in [6.07, 6.45) is 4.18. The SMILES string of the molecule is CN1C=Cc2ccc(OC(=S)N(C)C)cc2C1. The van der Waals surface area contributed by atoms with E-state index < -0.39 is 0 Å². The first-order valence-corrected chi connectivity index (χ1v) is 5.87. The maximum atomic E-state index is 5.59. The zero-order valence-electron chi connectivity index (χ0n) is 10.3. The van der Waals surface area contributed by atoms with Crippen LogP contribution in [0.2, 0.25) is 0 Å². The molecule has 1 aliphatic rings. The zero-order chi connectivity index (χ0) is 12.4. The van der Waals surface area contributed by atoms with E-state index in [2.05, 4.69) is 30.3 Å².